The molecule has 1 aliphatic heterocycles. The SMILES string of the molecule is CCCC1(c2ccc(OCC(C)C)cc2C)OCCO1. The minimum Gasteiger partial charge on any atom is -0.493 e. The summed E-state index contributed by atoms with van der Waals surface area (Å²) in [6.45, 7) is 10.6. The molecule has 0 amide bonds. The Morgan fingerprint density at radius 1 is 1.25 bits per heavy atom. The highest BCUT2D eigenvalue weighted by molar-refractivity contribution is 5.37. The van der Waals surface area contributed by atoms with Crippen molar-refractivity contribution < 1.29 is 14.2 Å². The van der Waals surface area contributed by atoms with Crippen molar-refractivity contribution >= 4 is 0 Å². The van der Waals surface area contributed by atoms with Gasteiger partial charge in [0.1, 0.15) is 5.75 Å². The van der Waals surface area contributed by atoms with Crippen molar-refractivity contribution in [2.24, 2.45) is 5.92 Å². The monoisotopic (exact) mass is 278 g/mol. The zero-order valence-electron chi connectivity index (χ0n) is 13.1. The summed E-state index contributed by atoms with van der Waals surface area (Å²) < 4.78 is 17.6. The first-order valence-electron chi connectivity index (χ1n) is 7.59. The predicted molar refractivity (Wildman–Crippen MR) is 80.0 cm³/mol. The molecule has 1 fully saturated rings. The molecule has 1 heterocycles. The van der Waals surface area contributed by atoms with Gasteiger partial charge in [0.25, 0.3) is 0 Å². The van der Waals surface area contributed by atoms with Crippen LogP contribution in [0.3, 0.4) is 0 Å². The predicted octanol–water partition coefficient (Wildman–Crippen LogP) is 4.03. The van der Waals surface area contributed by atoms with E-state index in [4.69, 9.17) is 14.2 Å². The van der Waals surface area contributed by atoms with Crippen LogP contribution in [0, 0.1) is 12.8 Å². The van der Waals surface area contributed by atoms with Crippen molar-refractivity contribution in [1.29, 1.82) is 0 Å². The van der Waals surface area contributed by atoms with Gasteiger partial charge in [0.2, 0.25) is 0 Å². The summed E-state index contributed by atoms with van der Waals surface area (Å²) in [5, 5.41) is 0. The van der Waals surface area contributed by atoms with Crippen LogP contribution in [0.2, 0.25) is 0 Å². The molecule has 3 heteroatoms. The maximum Gasteiger partial charge on any atom is 0.195 e. The fourth-order valence-corrected chi connectivity index (χ4v) is 2.63. The van der Waals surface area contributed by atoms with E-state index < -0.39 is 5.79 Å². The molecule has 1 aromatic rings. The van der Waals surface area contributed by atoms with Gasteiger partial charge < -0.3 is 14.2 Å². The summed E-state index contributed by atoms with van der Waals surface area (Å²) in [5.41, 5.74) is 2.30. The Morgan fingerprint density at radius 2 is 1.95 bits per heavy atom. The Kier molecular flexibility index (Phi) is 5.06. The number of hydrogen-bond acceptors (Lipinski definition) is 3. The largest absolute Gasteiger partial charge is 0.493 e. The maximum absolute atomic E-state index is 5.92. The minimum absolute atomic E-state index is 0.530. The zero-order chi connectivity index (χ0) is 14.6. The summed E-state index contributed by atoms with van der Waals surface area (Å²) in [7, 11) is 0. The molecule has 1 saturated heterocycles. The smallest absolute Gasteiger partial charge is 0.195 e. The molecular weight excluding hydrogens is 252 g/mol. The molecule has 0 spiro atoms. The molecule has 3 nitrogen and oxygen atoms in total. The second kappa shape index (κ2) is 6.59. The van der Waals surface area contributed by atoms with Crippen LogP contribution in [-0.2, 0) is 15.3 Å². The van der Waals surface area contributed by atoms with Crippen LogP contribution in [0.25, 0.3) is 0 Å². The van der Waals surface area contributed by atoms with Crippen LogP contribution in [0.5, 0.6) is 5.75 Å². The van der Waals surface area contributed by atoms with Crippen molar-refractivity contribution in [3.63, 3.8) is 0 Å². The van der Waals surface area contributed by atoms with Gasteiger partial charge in [-0.15, -0.1) is 0 Å². The molecule has 0 bridgehead atoms. The van der Waals surface area contributed by atoms with Crippen molar-refractivity contribution in [3.8, 4) is 5.75 Å². The van der Waals surface area contributed by atoms with Crippen LogP contribution >= 0.6 is 0 Å². The molecule has 1 aromatic carbocycles. The van der Waals surface area contributed by atoms with E-state index in [2.05, 4.69) is 39.8 Å². The first-order chi connectivity index (χ1) is 9.57. The fourth-order valence-electron chi connectivity index (χ4n) is 2.63. The van der Waals surface area contributed by atoms with E-state index in [1.165, 1.54) is 5.56 Å². The van der Waals surface area contributed by atoms with Crippen molar-refractivity contribution in [3.05, 3.63) is 29.3 Å². The quantitative estimate of drug-likeness (QED) is 0.786. The van der Waals surface area contributed by atoms with Crippen LogP contribution in [0.4, 0.5) is 0 Å². The molecule has 0 unspecified atom stereocenters. The van der Waals surface area contributed by atoms with Crippen LogP contribution in [0.15, 0.2) is 18.2 Å². The summed E-state index contributed by atoms with van der Waals surface area (Å²) in [6.07, 6.45) is 1.92. The Balaban J connectivity index is 2.19. The molecular formula is C17H26O3. The first-order valence-corrected chi connectivity index (χ1v) is 7.59. The van der Waals surface area contributed by atoms with Gasteiger partial charge in [0, 0.05) is 12.0 Å². The highest BCUT2D eigenvalue weighted by Crippen LogP contribution is 2.38. The number of benzene rings is 1. The fraction of sp³-hybridized carbons (Fsp3) is 0.647. The average molecular weight is 278 g/mol. The van der Waals surface area contributed by atoms with Gasteiger partial charge in [-0.1, -0.05) is 27.2 Å². The lowest BCUT2D eigenvalue weighted by Crippen LogP contribution is -2.28. The van der Waals surface area contributed by atoms with Gasteiger partial charge in [-0.25, -0.2) is 0 Å². The summed E-state index contributed by atoms with van der Waals surface area (Å²) in [4.78, 5) is 0. The van der Waals surface area contributed by atoms with Crippen LogP contribution in [-0.4, -0.2) is 19.8 Å². The van der Waals surface area contributed by atoms with Gasteiger partial charge in [0.15, 0.2) is 5.79 Å². The second-order valence-corrected chi connectivity index (χ2v) is 5.88. The zero-order valence-corrected chi connectivity index (χ0v) is 13.1. The third kappa shape index (κ3) is 3.33. The lowest BCUT2D eigenvalue weighted by atomic mass is 9.96. The number of hydrogen-bond donors (Lipinski definition) is 0. The topological polar surface area (TPSA) is 27.7 Å². The molecule has 0 aliphatic carbocycles. The normalized spacial score (nSPS) is 17.6. The highest BCUT2D eigenvalue weighted by atomic mass is 16.7. The number of ether oxygens (including phenoxy) is 3. The molecule has 2 rings (SSSR count). The van der Waals surface area contributed by atoms with Crippen molar-refractivity contribution in [2.75, 3.05) is 19.8 Å². The number of rotatable bonds is 6. The lowest BCUT2D eigenvalue weighted by molar-refractivity contribution is -0.171. The third-order valence-corrected chi connectivity index (χ3v) is 3.52. The standard InChI is InChI=1S/C17H26O3/c1-5-8-17(19-9-10-20-17)16-7-6-15(11-14(16)4)18-12-13(2)3/h6-7,11,13H,5,8-10,12H2,1-4H3. The van der Waals surface area contributed by atoms with E-state index >= 15 is 0 Å². The first kappa shape index (κ1) is 15.3. The molecule has 0 radical (unpaired) electrons. The van der Waals surface area contributed by atoms with Gasteiger partial charge in [-0.05, 0) is 36.6 Å². The van der Waals surface area contributed by atoms with Crippen molar-refractivity contribution in [2.45, 2.75) is 46.3 Å². The van der Waals surface area contributed by atoms with Gasteiger partial charge >= 0.3 is 0 Å². The number of aryl methyl sites for hydroxylation is 1. The summed E-state index contributed by atoms with van der Waals surface area (Å²) in [5.74, 6) is 0.905. The van der Waals surface area contributed by atoms with Crippen LogP contribution in [0.1, 0.15) is 44.7 Å². The summed E-state index contributed by atoms with van der Waals surface area (Å²) >= 11 is 0. The molecule has 1 aliphatic rings. The van der Waals surface area contributed by atoms with Gasteiger partial charge in [-0.2, -0.15) is 0 Å². The van der Waals surface area contributed by atoms with Gasteiger partial charge in [0.05, 0.1) is 19.8 Å². The van der Waals surface area contributed by atoms with E-state index in [0.717, 1.165) is 30.8 Å². The van der Waals surface area contributed by atoms with E-state index in [1.54, 1.807) is 0 Å². The van der Waals surface area contributed by atoms with Gasteiger partial charge in [-0.3, -0.25) is 0 Å². The maximum atomic E-state index is 5.92. The molecule has 20 heavy (non-hydrogen) atoms. The Morgan fingerprint density at radius 3 is 2.50 bits per heavy atom. The third-order valence-electron chi connectivity index (χ3n) is 3.52. The van der Waals surface area contributed by atoms with E-state index in [-0.39, 0.29) is 0 Å². The van der Waals surface area contributed by atoms with E-state index in [0.29, 0.717) is 19.1 Å². The minimum atomic E-state index is -0.546. The summed E-state index contributed by atoms with van der Waals surface area (Å²) in [6, 6.07) is 6.19. The Bertz CT molecular complexity index is 434. The van der Waals surface area contributed by atoms with Crippen LogP contribution < -0.4 is 4.74 Å². The Hall–Kier alpha value is -1.06. The molecule has 0 atom stereocenters. The average Bonchev–Trinajstić information content (AvgIpc) is 2.86. The molecule has 0 saturated carbocycles. The van der Waals surface area contributed by atoms with E-state index in [9.17, 15) is 0 Å². The molecule has 112 valence electrons. The van der Waals surface area contributed by atoms with E-state index in [1.807, 2.05) is 6.07 Å². The second-order valence-electron chi connectivity index (χ2n) is 5.88. The molecule has 0 aromatic heterocycles. The lowest BCUT2D eigenvalue weighted by Gasteiger charge is -2.29. The molecule has 0 N–H and O–H groups in total. The Labute approximate surface area is 122 Å². The highest BCUT2D eigenvalue weighted by Gasteiger charge is 2.38. The van der Waals surface area contributed by atoms with Crippen molar-refractivity contribution in [1.82, 2.24) is 0 Å².